The molecule has 2 aromatic carbocycles. The lowest BCUT2D eigenvalue weighted by molar-refractivity contribution is 0.324. The molecule has 0 saturated carbocycles. The average molecular weight is 377 g/mol. The van der Waals surface area contributed by atoms with Gasteiger partial charge in [0.25, 0.3) is 0 Å². The smallest absolute Gasteiger partial charge is 0.129 e. The average Bonchev–Trinajstić information content (AvgIpc) is 2.78. The van der Waals surface area contributed by atoms with Crippen LogP contribution in [-0.4, -0.2) is 12.3 Å². The van der Waals surface area contributed by atoms with E-state index in [2.05, 4.69) is 60.7 Å². The van der Waals surface area contributed by atoms with Crippen molar-refractivity contribution in [2.24, 2.45) is 0 Å². The zero-order valence-electron chi connectivity index (χ0n) is 16.3. The Bertz CT molecular complexity index is 1130. The van der Waals surface area contributed by atoms with Crippen molar-refractivity contribution in [1.29, 1.82) is 5.41 Å². The molecule has 2 aliphatic carbocycles. The van der Waals surface area contributed by atoms with E-state index in [9.17, 15) is 0 Å². The third-order valence-corrected chi connectivity index (χ3v) is 5.65. The van der Waals surface area contributed by atoms with Gasteiger partial charge < -0.3 is 4.74 Å². The van der Waals surface area contributed by atoms with Crippen molar-refractivity contribution < 1.29 is 4.74 Å². The number of hydrogen-bond donors (Lipinski definition) is 1. The Hall–Kier alpha value is -3.39. The number of nitrogens with one attached hydrogen (secondary N) is 1. The van der Waals surface area contributed by atoms with Crippen LogP contribution in [0.3, 0.4) is 0 Å². The fourth-order valence-electron chi connectivity index (χ4n) is 4.22. The second-order valence-corrected chi connectivity index (χ2v) is 7.48. The molecule has 1 aliphatic heterocycles. The van der Waals surface area contributed by atoms with Crippen LogP contribution in [-0.2, 0) is 0 Å². The van der Waals surface area contributed by atoms with E-state index in [0.29, 0.717) is 12.3 Å². The summed E-state index contributed by atoms with van der Waals surface area (Å²) in [5.41, 5.74) is 8.11. The lowest BCUT2D eigenvalue weighted by Gasteiger charge is -2.24. The van der Waals surface area contributed by atoms with Gasteiger partial charge in [-0.05, 0) is 53.2 Å². The largest absolute Gasteiger partial charge is 0.493 e. The molecule has 0 unspecified atom stereocenters. The van der Waals surface area contributed by atoms with E-state index in [1.54, 1.807) is 0 Å². The van der Waals surface area contributed by atoms with E-state index >= 15 is 0 Å². The van der Waals surface area contributed by atoms with Gasteiger partial charge in [-0.1, -0.05) is 78.9 Å². The van der Waals surface area contributed by atoms with Crippen molar-refractivity contribution >= 4 is 22.9 Å². The molecule has 0 radical (unpaired) electrons. The summed E-state index contributed by atoms with van der Waals surface area (Å²) >= 11 is 0. The van der Waals surface area contributed by atoms with Crippen molar-refractivity contribution in [2.45, 2.75) is 19.3 Å². The van der Waals surface area contributed by atoms with Gasteiger partial charge in [-0.3, -0.25) is 5.41 Å². The topological polar surface area (TPSA) is 33.1 Å². The highest BCUT2D eigenvalue weighted by Crippen LogP contribution is 2.39. The van der Waals surface area contributed by atoms with Crippen molar-refractivity contribution in [3.63, 3.8) is 0 Å². The summed E-state index contributed by atoms with van der Waals surface area (Å²) in [6.45, 7) is 0.610. The Morgan fingerprint density at radius 2 is 1.62 bits per heavy atom. The van der Waals surface area contributed by atoms with Crippen LogP contribution in [0.1, 0.15) is 41.5 Å². The van der Waals surface area contributed by atoms with Gasteiger partial charge in [-0.15, -0.1) is 0 Å². The molecule has 2 nitrogen and oxygen atoms in total. The normalized spacial score (nSPS) is 21.4. The Morgan fingerprint density at radius 1 is 0.759 bits per heavy atom. The maximum atomic E-state index is 9.10. The fourth-order valence-corrected chi connectivity index (χ4v) is 4.22. The lowest BCUT2D eigenvalue weighted by atomic mass is 9.82. The number of ether oxygens (including phenoxy) is 1. The zero-order valence-corrected chi connectivity index (χ0v) is 16.3. The Labute approximate surface area is 171 Å². The van der Waals surface area contributed by atoms with Gasteiger partial charge in [0.2, 0.25) is 0 Å². The van der Waals surface area contributed by atoms with Crippen molar-refractivity contribution in [1.82, 2.24) is 0 Å². The van der Waals surface area contributed by atoms with Crippen LogP contribution >= 0.6 is 0 Å². The van der Waals surface area contributed by atoms with E-state index in [1.165, 1.54) is 11.1 Å². The molecule has 2 aromatic rings. The molecule has 2 bridgehead atoms. The maximum absolute atomic E-state index is 9.10. The first-order valence-corrected chi connectivity index (χ1v) is 10.2. The van der Waals surface area contributed by atoms with E-state index in [1.807, 2.05) is 24.3 Å². The molecule has 3 aliphatic rings. The van der Waals surface area contributed by atoms with E-state index in [4.69, 9.17) is 10.1 Å². The van der Waals surface area contributed by atoms with Crippen LogP contribution in [0.5, 0.6) is 5.75 Å². The van der Waals surface area contributed by atoms with Gasteiger partial charge in [-0.2, -0.15) is 0 Å². The molecule has 2 heteroatoms. The van der Waals surface area contributed by atoms with Crippen LogP contribution in [0.2, 0.25) is 0 Å². The molecule has 0 aromatic heterocycles. The molecular weight excluding hydrogens is 354 g/mol. The molecule has 0 atom stereocenters. The monoisotopic (exact) mass is 377 g/mol. The summed E-state index contributed by atoms with van der Waals surface area (Å²) < 4.78 is 6.09. The summed E-state index contributed by atoms with van der Waals surface area (Å²) in [5.74, 6) is 0.804. The van der Waals surface area contributed by atoms with Crippen LogP contribution in [0, 0.1) is 5.41 Å². The SMILES string of the molecule is N=C1/C2=C(c3ccccc3)\C=C/CCOc3ccc(C4=CCCC=C4)c(c31)C=C2. The van der Waals surface area contributed by atoms with E-state index in [-0.39, 0.29) is 0 Å². The third-order valence-electron chi connectivity index (χ3n) is 5.65. The summed E-state index contributed by atoms with van der Waals surface area (Å²) in [4.78, 5) is 0. The minimum absolute atomic E-state index is 0.533. The van der Waals surface area contributed by atoms with Crippen LogP contribution < -0.4 is 4.74 Å². The molecule has 1 N–H and O–H groups in total. The summed E-state index contributed by atoms with van der Waals surface area (Å²) in [7, 11) is 0. The molecule has 1 heterocycles. The Balaban J connectivity index is 1.74. The highest BCUT2D eigenvalue weighted by Gasteiger charge is 2.25. The van der Waals surface area contributed by atoms with E-state index in [0.717, 1.165) is 52.8 Å². The Morgan fingerprint density at radius 3 is 2.45 bits per heavy atom. The van der Waals surface area contributed by atoms with Crippen LogP contribution in [0.4, 0.5) is 0 Å². The second kappa shape index (κ2) is 7.56. The number of allylic oxidation sites excluding steroid dienone is 8. The molecule has 0 saturated heterocycles. The van der Waals surface area contributed by atoms with Crippen molar-refractivity contribution in [2.75, 3.05) is 6.61 Å². The van der Waals surface area contributed by atoms with Gasteiger partial charge in [-0.25, -0.2) is 0 Å². The minimum atomic E-state index is 0.533. The quantitative estimate of drug-likeness (QED) is 0.628. The summed E-state index contributed by atoms with van der Waals surface area (Å²) in [5, 5.41) is 9.10. The number of benzene rings is 2. The van der Waals surface area contributed by atoms with Gasteiger partial charge in [0.15, 0.2) is 0 Å². The number of hydrogen-bond acceptors (Lipinski definition) is 2. The highest BCUT2D eigenvalue weighted by molar-refractivity contribution is 6.23. The molecule has 5 rings (SSSR count). The van der Waals surface area contributed by atoms with Gasteiger partial charge in [0.1, 0.15) is 5.75 Å². The first kappa shape index (κ1) is 17.7. The first-order valence-electron chi connectivity index (χ1n) is 10.2. The zero-order chi connectivity index (χ0) is 19.6. The first-order chi connectivity index (χ1) is 14.3. The highest BCUT2D eigenvalue weighted by atomic mass is 16.5. The predicted molar refractivity (Wildman–Crippen MR) is 121 cm³/mol. The third kappa shape index (κ3) is 3.21. The number of fused-ring (bicyclic) bond motifs is 1. The summed E-state index contributed by atoms with van der Waals surface area (Å²) in [6.07, 6.45) is 18.3. The van der Waals surface area contributed by atoms with E-state index < -0.39 is 0 Å². The van der Waals surface area contributed by atoms with Gasteiger partial charge in [0.05, 0.1) is 12.3 Å². The lowest BCUT2D eigenvalue weighted by Crippen LogP contribution is -2.15. The molecule has 0 amide bonds. The Kier molecular flexibility index (Phi) is 4.61. The molecule has 29 heavy (non-hydrogen) atoms. The fraction of sp³-hybridized carbons (Fsp3) is 0.148. The standard InChI is InChI=1S/C27H23NO/c28-27-24-15-14-23-22(20-11-5-2-6-12-20)16-17-25(26(23)27)29-18-8-7-13-21(24)19-9-3-1-4-10-19/h1,3-5,7,9-17,28H,2,6,8,18H2/b13-7-,24-21+,28-27?. The van der Waals surface area contributed by atoms with Crippen molar-refractivity contribution in [3.8, 4) is 5.75 Å². The molecule has 0 fully saturated rings. The molecular formula is C27H23NO. The molecule has 0 spiro atoms. The van der Waals surface area contributed by atoms with Crippen molar-refractivity contribution in [3.05, 3.63) is 107 Å². The summed E-state index contributed by atoms with van der Waals surface area (Å²) in [6, 6.07) is 14.5. The minimum Gasteiger partial charge on any atom is -0.493 e. The number of rotatable bonds is 2. The predicted octanol–water partition coefficient (Wildman–Crippen LogP) is 6.61. The second-order valence-electron chi connectivity index (χ2n) is 7.48. The van der Waals surface area contributed by atoms with Crippen LogP contribution in [0.25, 0.3) is 17.2 Å². The van der Waals surface area contributed by atoms with Gasteiger partial charge in [0, 0.05) is 11.1 Å². The maximum Gasteiger partial charge on any atom is 0.129 e. The molecule has 142 valence electrons. The van der Waals surface area contributed by atoms with Crippen LogP contribution in [0.15, 0.2) is 84.5 Å². The van der Waals surface area contributed by atoms with Gasteiger partial charge >= 0.3 is 0 Å².